The Kier molecular flexibility index (Phi) is 5.19. The number of halogens is 1. The van der Waals surface area contributed by atoms with Crippen LogP contribution in [0.4, 0.5) is 0 Å². The molecule has 0 heterocycles. The Morgan fingerprint density at radius 1 is 1.04 bits per heavy atom. The standard InChI is InChI=1S/C20H14ClNO5/c1-2-9-22-15(23)10-27-20(26)14-8-7-13-16(17(14)21)19(25)12-6-4-3-5-11(12)18(13)24/h2-8H,1,9-10H2,(H,22,23). The van der Waals surface area contributed by atoms with E-state index >= 15 is 0 Å². The second kappa shape index (κ2) is 7.55. The molecule has 0 unspecified atom stereocenters. The summed E-state index contributed by atoms with van der Waals surface area (Å²) in [5.41, 5.74) is 0.522. The first-order valence-corrected chi connectivity index (χ1v) is 8.39. The van der Waals surface area contributed by atoms with Crippen molar-refractivity contribution in [3.8, 4) is 0 Å². The first-order valence-electron chi connectivity index (χ1n) is 8.01. The highest BCUT2D eigenvalue weighted by atomic mass is 35.5. The molecule has 0 saturated heterocycles. The minimum absolute atomic E-state index is 0.0362. The molecule has 2 aromatic carbocycles. The summed E-state index contributed by atoms with van der Waals surface area (Å²) in [5.74, 6) is -2.15. The van der Waals surface area contributed by atoms with Crippen LogP contribution in [0.5, 0.6) is 0 Å². The van der Waals surface area contributed by atoms with Crippen LogP contribution in [0.2, 0.25) is 5.02 Å². The monoisotopic (exact) mass is 383 g/mol. The van der Waals surface area contributed by atoms with Crippen molar-refractivity contribution < 1.29 is 23.9 Å². The Labute approximate surface area is 159 Å². The third kappa shape index (κ3) is 3.39. The van der Waals surface area contributed by atoms with Gasteiger partial charge in [0.15, 0.2) is 18.2 Å². The molecule has 27 heavy (non-hydrogen) atoms. The largest absolute Gasteiger partial charge is 0.452 e. The van der Waals surface area contributed by atoms with Crippen LogP contribution in [0.3, 0.4) is 0 Å². The van der Waals surface area contributed by atoms with Gasteiger partial charge in [0, 0.05) is 23.2 Å². The highest BCUT2D eigenvalue weighted by Gasteiger charge is 2.33. The molecule has 0 radical (unpaired) electrons. The summed E-state index contributed by atoms with van der Waals surface area (Å²) in [5, 5.41) is 2.29. The second-order valence-electron chi connectivity index (χ2n) is 5.72. The minimum Gasteiger partial charge on any atom is -0.452 e. The average Bonchev–Trinajstić information content (AvgIpc) is 2.68. The van der Waals surface area contributed by atoms with E-state index in [9.17, 15) is 19.2 Å². The van der Waals surface area contributed by atoms with Gasteiger partial charge in [0.05, 0.1) is 16.1 Å². The van der Waals surface area contributed by atoms with Gasteiger partial charge in [-0.3, -0.25) is 14.4 Å². The molecule has 1 N–H and O–H groups in total. The van der Waals surface area contributed by atoms with E-state index in [-0.39, 0.29) is 39.6 Å². The van der Waals surface area contributed by atoms with Gasteiger partial charge >= 0.3 is 5.97 Å². The fourth-order valence-electron chi connectivity index (χ4n) is 2.75. The SMILES string of the molecule is C=CCNC(=O)COC(=O)c1ccc2c(c1Cl)C(=O)c1ccccc1C2=O. The molecule has 2 aromatic rings. The molecule has 1 amide bonds. The number of carbonyl (C=O) groups is 4. The smallest absolute Gasteiger partial charge is 0.340 e. The number of rotatable bonds is 5. The van der Waals surface area contributed by atoms with Gasteiger partial charge in [0.1, 0.15) is 0 Å². The lowest BCUT2D eigenvalue weighted by Crippen LogP contribution is -2.29. The van der Waals surface area contributed by atoms with E-state index in [1.54, 1.807) is 18.2 Å². The molecule has 6 nitrogen and oxygen atoms in total. The van der Waals surface area contributed by atoms with Gasteiger partial charge in [-0.2, -0.15) is 0 Å². The normalized spacial score (nSPS) is 12.0. The van der Waals surface area contributed by atoms with E-state index in [0.717, 1.165) is 0 Å². The van der Waals surface area contributed by atoms with Gasteiger partial charge in [-0.1, -0.05) is 41.9 Å². The molecular formula is C20H14ClNO5. The predicted octanol–water partition coefficient (Wildman–Crippen LogP) is 2.57. The zero-order valence-electron chi connectivity index (χ0n) is 14.1. The van der Waals surface area contributed by atoms with Crippen LogP contribution in [0, 0.1) is 0 Å². The van der Waals surface area contributed by atoms with Gasteiger partial charge in [-0.25, -0.2) is 4.79 Å². The summed E-state index contributed by atoms with van der Waals surface area (Å²) in [6, 6.07) is 9.08. The van der Waals surface area contributed by atoms with E-state index in [1.165, 1.54) is 24.3 Å². The molecular weight excluding hydrogens is 370 g/mol. The number of hydrogen-bond acceptors (Lipinski definition) is 5. The molecule has 1 aliphatic rings. The van der Waals surface area contributed by atoms with E-state index in [2.05, 4.69) is 11.9 Å². The van der Waals surface area contributed by atoms with Crippen molar-refractivity contribution in [2.75, 3.05) is 13.2 Å². The number of amides is 1. The van der Waals surface area contributed by atoms with Crippen LogP contribution >= 0.6 is 11.6 Å². The van der Waals surface area contributed by atoms with Crippen molar-refractivity contribution in [1.82, 2.24) is 5.32 Å². The molecule has 0 aromatic heterocycles. The lowest BCUT2D eigenvalue weighted by molar-refractivity contribution is -0.124. The van der Waals surface area contributed by atoms with Crippen LogP contribution in [0.1, 0.15) is 42.2 Å². The van der Waals surface area contributed by atoms with Crippen molar-refractivity contribution in [3.63, 3.8) is 0 Å². The molecule has 136 valence electrons. The zero-order valence-corrected chi connectivity index (χ0v) is 14.8. The fraction of sp³-hybridized carbons (Fsp3) is 0.100. The van der Waals surface area contributed by atoms with E-state index in [4.69, 9.17) is 16.3 Å². The summed E-state index contributed by atoms with van der Waals surface area (Å²) in [4.78, 5) is 49.2. The van der Waals surface area contributed by atoms with E-state index in [1.807, 2.05) is 0 Å². The lowest BCUT2D eigenvalue weighted by atomic mass is 9.83. The number of esters is 1. The summed E-state index contributed by atoms with van der Waals surface area (Å²) in [7, 11) is 0. The topological polar surface area (TPSA) is 89.5 Å². The number of carbonyl (C=O) groups excluding carboxylic acids is 4. The molecule has 0 atom stereocenters. The highest BCUT2D eigenvalue weighted by molar-refractivity contribution is 6.41. The molecule has 0 spiro atoms. The van der Waals surface area contributed by atoms with Crippen LogP contribution in [0.15, 0.2) is 49.1 Å². The van der Waals surface area contributed by atoms with Crippen LogP contribution in [-0.4, -0.2) is 36.6 Å². The Balaban J connectivity index is 1.90. The number of benzene rings is 2. The number of fused-ring (bicyclic) bond motifs is 2. The summed E-state index contributed by atoms with van der Waals surface area (Å²) in [6.45, 7) is 3.20. The Hall–Kier alpha value is -3.25. The highest BCUT2D eigenvalue weighted by Crippen LogP contribution is 2.34. The molecule has 0 bridgehead atoms. The molecule has 0 saturated carbocycles. The maximum absolute atomic E-state index is 12.8. The van der Waals surface area contributed by atoms with Crippen LogP contribution in [-0.2, 0) is 9.53 Å². The van der Waals surface area contributed by atoms with Crippen molar-refractivity contribution in [3.05, 3.63) is 81.9 Å². The van der Waals surface area contributed by atoms with Gasteiger partial charge in [0.2, 0.25) is 0 Å². The Morgan fingerprint density at radius 2 is 1.70 bits per heavy atom. The van der Waals surface area contributed by atoms with E-state index in [0.29, 0.717) is 5.56 Å². The molecule has 3 rings (SSSR count). The first kappa shape index (κ1) is 18.5. The number of ketones is 2. The van der Waals surface area contributed by atoms with Crippen molar-refractivity contribution >= 4 is 35.0 Å². The van der Waals surface area contributed by atoms with Crippen molar-refractivity contribution in [2.24, 2.45) is 0 Å². The lowest BCUT2D eigenvalue weighted by Gasteiger charge is -2.19. The third-order valence-electron chi connectivity index (χ3n) is 4.03. The number of nitrogens with one attached hydrogen (secondary N) is 1. The maximum atomic E-state index is 12.8. The van der Waals surface area contributed by atoms with Crippen LogP contribution in [0.25, 0.3) is 0 Å². The summed E-state index contributed by atoms with van der Waals surface area (Å²) < 4.78 is 4.92. The Morgan fingerprint density at radius 3 is 2.37 bits per heavy atom. The predicted molar refractivity (Wildman–Crippen MR) is 98.2 cm³/mol. The fourth-order valence-corrected chi connectivity index (χ4v) is 3.08. The number of ether oxygens (including phenoxy) is 1. The molecule has 0 aliphatic heterocycles. The van der Waals surface area contributed by atoms with Crippen molar-refractivity contribution in [1.29, 1.82) is 0 Å². The number of hydrogen-bond donors (Lipinski definition) is 1. The summed E-state index contributed by atoms with van der Waals surface area (Å²) >= 11 is 6.26. The maximum Gasteiger partial charge on any atom is 0.340 e. The minimum atomic E-state index is -0.865. The summed E-state index contributed by atoms with van der Waals surface area (Å²) in [6.07, 6.45) is 1.49. The van der Waals surface area contributed by atoms with Gasteiger partial charge < -0.3 is 10.1 Å². The van der Waals surface area contributed by atoms with Crippen LogP contribution < -0.4 is 5.32 Å². The zero-order chi connectivity index (χ0) is 19.6. The van der Waals surface area contributed by atoms with Gasteiger partial charge in [-0.05, 0) is 12.1 Å². The second-order valence-corrected chi connectivity index (χ2v) is 6.10. The first-order chi connectivity index (χ1) is 13.0. The van der Waals surface area contributed by atoms with Crippen molar-refractivity contribution in [2.45, 2.75) is 0 Å². The molecule has 0 fully saturated rings. The van der Waals surface area contributed by atoms with Gasteiger partial charge in [-0.15, -0.1) is 6.58 Å². The van der Waals surface area contributed by atoms with E-state index < -0.39 is 24.3 Å². The average molecular weight is 384 g/mol. The Bertz CT molecular complexity index is 996. The quantitative estimate of drug-likeness (QED) is 0.540. The van der Waals surface area contributed by atoms with Gasteiger partial charge in [0.25, 0.3) is 5.91 Å². The third-order valence-corrected chi connectivity index (χ3v) is 4.42. The molecule has 7 heteroatoms. The molecule has 1 aliphatic carbocycles.